The molecule has 41 heavy (non-hydrogen) atoms. The summed E-state index contributed by atoms with van der Waals surface area (Å²) < 4.78 is 47.2. The van der Waals surface area contributed by atoms with Crippen molar-refractivity contribution in [2.45, 2.75) is 83.0 Å². The molecule has 3 aliphatic rings. The van der Waals surface area contributed by atoms with Crippen molar-refractivity contribution in [1.29, 1.82) is 0 Å². The first-order valence-corrected chi connectivity index (χ1v) is 16.7. The second-order valence-corrected chi connectivity index (χ2v) is 13.7. The summed E-state index contributed by atoms with van der Waals surface area (Å²) >= 11 is 0. The lowest BCUT2D eigenvalue weighted by Crippen LogP contribution is -2.49. The second-order valence-electron chi connectivity index (χ2n) is 11.7. The molecule has 1 aromatic carbocycles. The fourth-order valence-electron chi connectivity index (χ4n) is 6.71. The average Bonchev–Trinajstić information content (AvgIpc) is 3.26. The van der Waals surface area contributed by atoms with Crippen molar-refractivity contribution in [2.24, 2.45) is 17.8 Å². The number of esters is 2. The number of hydrogen-bond acceptors (Lipinski definition) is 9. The van der Waals surface area contributed by atoms with Crippen molar-refractivity contribution in [3.8, 4) is 5.75 Å². The third-order valence-electron chi connectivity index (χ3n) is 8.91. The molecule has 1 saturated carbocycles. The van der Waals surface area contributed by atoms with Crippen molar-refractivity contribution in [2.75, 3.05) is 39.7 Å². The predicted molar refractivity (Wildman–Crippen MR) is 152 cm³/mol. The minimum Gasteiger partial charge on any atom is -0.482 e. The maximum atomic E-state index is 13.0. The van der Waals surface area contributed by atoms with Gasteiger partial charge in [0.1, 0.15) is 11.9 Å². The maximum Gasteiger partial charge on any atom is 0.343 e. The van der Waals surface area contributed by atoms with E-state index in [1.807, 2.05) is 12.1 Å². The van der Waals surface area contributed by atoms with Crippen LogP contribution in [-0.2, 0) is 46.7 Å². The fraction of sp³-hybridized carbons (Fsp3) is 0.733. The highest BCUT2D eigenvalue weighted by Gasteiger charge is 2.45. The van der Waals surface area contributed by atoms with Gasteiger partial charge in [0.05, 0.1) is 32.6 Å². The molecule has 11 heteroatoms. The molecule has 0 amide bonds. The van der Waals surface area contributed by atoms with Crippen LogP contribution in [0.1, 0.15) is 63.0 Å². The Morgan fingerprint density at radius 3 is 2.73 bits per heavy atom. The molecule has 0 radical (unpaired) electrons. The number of unbranched alkanes of at least 4 members (excludes halogenated alkanes) is 2. The molecule has 1 N–H and O–H groups in total. The van der Waals surface area contributed by atoms with E-state index in [9.17, 15) is 23.1 Å². The Labute approximate surface area is 243 Å². The number of ether oxygens (including phenoxy) is 4. The van der Waals surface area contributed by atoms with E-state index in [4.69, 9.17) is 18.9 Å². The first-order chi connectivity index (χ1) is 19.6. The van der Waals surface area contributed by atoms with Gasteiger partial charge in [0, 0.05) is 6.54 Å². The van der Waals surface area contributed by atoms with Gasteiger partial charge < -0.3 is 24.1 Å². The zero-order valence-electron chi connectivity index (χ0n) is 24.5. The smallest absolute Gasteiger partial charge is 0.343 e. The standard InChI is InChI=1S/C30H45NO9S/c1-4-5-6-9-22(40-30(34)28-18-31(13-14-38-28)41(3,35)36)11-12-23-24-15-20-8-7-10-27(39-19-29(33)37-2)25(20)16-21(24)17-26(23)32/h7-8,10,21-24,26,28,32H,4-6,9,11-19H2,1-3H3. The van der Waals surface area contributed by atoms with Crippen molar-refractivity contribution < 1.29 is 42.1 Å². The lowest BCUT2D eigenvalue weighted by Gasteiger charge is -2.33. The van der Waals surface area contributed by atoms with Crippen LogP contribution in [0.4, 0.5) is 0 Å². The minimum atomic E-state index is -3.42. The summed E-state index contributed by atoms with van der Waals surface area (Å²) in [5.41, 5.74) is 2.29. The molecule has 2 aliphatic carbocycles. The van der Waals surface area contributed by atoms with Crippen LogP contribution in [-0.4, -0.2) is 87.7 Å². The van der Waals surface area contributed by atoms with E-state index in [1.54, 1.807) is 0 Å². The van der Waals surface area contributed by atoms with E-state index in [0.717, 1.165) is 56.8 Å². The molecule has 1 saturated heterocycles. The summed E-state index contributed by atoms with van der Waals surface area (Å²) in [6, 6.07) is 5.91. The molecule has 0 bridgehead atoms. The van der Waals surface area contributed by atoms with Crippen LogP contribution < -0.4 is 4.74 Å². The Bertz CT molecular complexity index is 1160. The molecule has 6 unspecified atom stereocenters. The Kier molecular flexibility index (Phi) is 11.1. The normalized spacial score (nSPS) is 27.0. The van der Waals surface area contributed by atoms with Crippen molar-refractivity contribution in [1.82, 2.24) is 4.31 Å². The molecule has 1 aromatic rings. The molecule has 0 spiro atoms. The van der Waals surface area contributed by atoms with Crippen LogP contribution in [0.25, 0.3) is 0 Å². The van der Waals surface area contributed by atoms with Gasteiger partial charge in [-0.1, -0.05) is 31.9 Å². The number of sulfonamides is 1. The first-order valence-electron chi connectivity index (χ1n) is 14.9. The van der Waals surface area contributed by atoms with E-state index >= 15 is 0 Å². The minimum absolute atomic E-state index is 0.0326. The number of fused-ring (bicyclic) bond motifs is 2. The van der Waals surface area contributed by atoms with Gasteiger partial charge in [0.15, 0.2) is 12.7 Å². The van der Waals surface area contributed by atoms with Gasteiger partial charge in [0.2, 0.25) is 10.0 Å². The number of aliphatic hydroxyl groups excluding tert-OH is 1. The van der Waals surface area contributed by atoms with E-state index in [-0.39, 0.29) is 38.3 Å². The van der Waals surface area contributed by atoms with Crippen molar-refractivity contribution in [3.63, 3.8) is 0 Å². The summed E-state index contributed by atoms with van der Waals surface area (Å²) in [4.78, 5) is 24.6. The average molecular weight is 596 g/mol. The Balaban J connectivity index is 1.39. The Morgan fingerprint density at radius 1 is 1.20 bits per heavy atom. The van der Waals surface area contributed by atoms with Crippen LogP contribution >= 0.6 is 0 Å². The Hall–Kier alpha value is -2.21. The van der Waals surface area contributed by atoms with Crippen LogP contribution in [0.2, 0.25) is 0 Å². The molecule has 1 heterocycles. The predicted octanol–water partition coefficient (Wildman–Crippen LogP) is 2.88. The number of rotatable bonds is 13. The summed E-state index contributed by atoms with van der Waals surface area (Å²) in [6.45, 7) is 2.34. The zero-order chi connectivity index (χ0) is 29.6. The number of nitrogens with zero attached hydrogens (tertiary/aromatic N) is 1. The summed E-state index contributed by atoms with van der Waals surface area (Å²) in [5.74, 6) is 0.466. The summed E-state index contributed by atoms with van der Waals surface area (Å²) in [7, 11) is -2.08. The topological polar surface area (TPSA) is 129 Å². The molecule has 230 valence electrons. The van der Waals surface area contributed by atoms with E-state index in [1.165, 1.54) is 17.0 Å². The third kappa shape index (κ3) is 8.21. The molecule has 0 aromatic heterocycles. The second kappa shape index (κ2) is 14.3. The number of benzene rings is 1. The van der Waals surface area contributed by atoms with Gasteiger partial charge in [-0.2, -0.15) is 4.31 Å². The fourth-order valence-corrected chi connectivity index (χ4v) is 7.52. The number of aliphatic hydroxyl groups is 1. The van der Waals surface area contributed by atoms with Crippen LogP contribution in [0.3, 0.4) is 0 Å². The quantitative estimate of drug-likeness (QED) is 0.270. The molecule has 6 atom stereocenters. The van der Waals surface area contributed by atoms with E-state index in [2.05, 4.69) is 13.0 Å². The van der Waals surface area contributed by atoms with Crippen LogP contribution in [0, 0.1) is 17.8 Å². The van der Waals surface area contributed by atoms with Crippen LogP contribution in [0.15, 0.2) is 18.2 Å². The van der Waals surface area contributed by atoms with Gasteiger partial charge in [-0.25, -0.2) is 18.0 Å². The maximum absolute atomic E-state index is 13.0. The highest BCUT2D eigenvalue weighted by atomic mass is 32.2. The van der Waals surface area contributed by atoms with Gasteiger partial charge in [-0.15, -0.1) is 0 Å². The largest absolute Gasteiger partial charge is 0.482 e. The highest BCUT2D eigenvalue weighted by molar-refractivity contribution is 7.88. The van der Waals surface area contributed by atoms with Gasteiger partial charge >= 0.3 is 11.9 Å². The number of carbonyl (C=O) groups excluding carboxylic acids is 2. The molecule has 4 rings (SSSR count). The molecule has 2 fully saturated rings. The number of carbonyl (C=O) groups is 2. The highest BCUT2D eigenvalue weighted by Crippen LogP contribution is 2.48. The first kappa shape index (κ1) is 31.7. The number of hydrogen-bond donors (Lipinski definition) is 1. The number of morpholine rings is 1. The number of methoxy groups -OCH3 is 1. The van der Waals surface area contributed by atoms with E-state index in [0.29, 0.717) is 30.4 Å². The molecular weight excluding hydrogens is 550 g/mol. The lowest BCUT2D eigenvalue weighted by atomic mass is 9.73. The van der Waals surface area contributed by atoms with Gasteiger partial charge in [-0.3, -0.25) is 0 Å². The van der Waals surface area contributed by atoms with Crippen molar-refractivity contribution >= 4 is 22.0 Å². The monoisotopic (exact) mass is 595 g/mol. The summed E-state index contributed by atoms with van der Waals surface area (Å²) in [6.07, 6.45) is 6.88. The molecule has 1 aliphatic heterocycles. The SMILES string of the molecule is CCCCCC(CCC1C(O)CC2Cc3c(cccc3OCC(=O)OC)CC21)OC(=O)C1CN(S(C)(=O)=O)CCO1. The Morgan fingerprint density at radius 2 is 2.00 bits per heavy atom. The van der Waals surface area contributed by atoms with E-state index < -0.39 is 34.2 Å². The zero-order valence-corrected chi connectivity index (χ0v) is 25.3. The molecular formula is C30H45NO9S. The lowest BCUT2D eigenvalue weighted by molar-refractivity contribution is -0.167. The van der Waals surface area contributed by atoms with Crippen molar-refractivity contribution in [3.05, 3.63) is 29.3 Å². The van der Waals surface area contributed by atoms with Gasteiger partial charge in [0.25, 0.3) is 0 Å². The van der Waals surface area contributed by atoms with Gasteiger partial charge in [-0.05, 0) is 79.9 Å². The third-order valence-corrected chi connectivity index (χ3v) is 10.2. The molecule has 10 nitrogen and oxygen atoms in total. The van der Waals surface area contributed by atoms with Crippen LogP contribution in [0.5, 0.6) is 5.75 Å². The summed E-state index contributed by atoms with van der Waals surface area (Å²) in [5, 5.41) is 11.1.